The van der Waals surface area contributed by atoms with Crippen LogP contribution in [0.25, 0.3) is 0 Å². The van der Waals surface area contributed by atoms with Gasteiger partial charge in [-0.05, 0) is 56.2 Å². The third-order valence-corrected chi connectivity index (χ3v) is 6.91. The number of hydrogen-bond acceptors (Lipinski definition) is 4. The molecule has 28 heavy (non-hydrogen) atoms. The number of amides is 2. The van der Waals surface area contributed by atoms with E-state index < -0.39 is 15.9 Å². The average molecular weight is 403 g/mol. The van der Waals surface area contributed by atoms with Crippen LogP contribution in [-0.2, 0) is 41.1 Å². The number of anilines is 1. The number of pyridine rings is 1. The highest BCUT2D eigenvalue weighted by atomic mass is 32.2. The fraction of sp³-hybridized carbons (Fsp3) is 0.526. The molecule has 1 atom stereocenters. The van der Waals surface area contributed by atoms with Crippen molar-refractivity contribution in [1.82, 2.24) is 14.8 Å². The van der Waals surface area contributed by atoms with Gasteiger partial charge in [0, 0.05) is 23.9 Å². The minimum absolute atomic E-state index is 0.0159. The van der Waals surface area contributed by atoms with Crippen molar-refractivity contribution < 1.29 is 9.00 Å². The van der Waals surface area contributed by atoms with Crippen LogP contribution in [0.5, 0.6) is 0 Å². The fourth-order valence-electron chi connectivity index (χ4n) is 4.11. The molecule has 2 amide bonds. The average Bonchev–Trinajstić information content (AvgIpc) is 3.34. The quantitative estimate of drug-likeness (QED) is 0.821. The van der Waals surface area contributed by atoms with Gasteiger partial charge in [-0.25, -0.2) is 14.1 Å². The van der Waals surface area contributed by atoms with Crippen LogP contribution in [0.4, 0.5) is 10.5 Å². The Labute approximate surface area is 165 Å². The van der Waals surface area contributed by atoms with Crippen LogP contribution < -0.4 is 10.5 Å². The molecule has 0 fully saturated rings. The molecule has 4 rings (SSSR count). The zero-order valence-corrected chi connectivity index (χ0v) is 17.3. The number of hydrogen-bond donors (Lipinski definition) is 2. The van der Waals surface area contributed by atoms with Crippen molar-refractivity contribution in [3.63, 3.8) is 0 Å². The van der Waals surface area contributed by atoms with E-state index >= 15 is 0 Å². The van der Waals surface area contributed by atoms with E-state index in [4.69, 9.17) is 10.1 Å². The Hall–Kier alpha value is -2.26. The molecule has 0 bridgehead atoms. The zero-order chi connectivity index (χ0) is 20.1. The number of nitrogens with two attached hydrogens (primary N) is 1. The molecule has 150 valence electrons. The Morgan fingerprint density at radius 1 is 1.36 bits per heavy atom. The third kappa shape index (κ3) is 3.22. The number of carbonyl (C=O) groups is 1. The second-order valence-electron chi connectivity index (χ2n) is 8.08. The van der Waals surface area contributed by atoms with E-state index in [1.165, 1.54) is 6.07 Å². The highest BCUT2D eigenvalue weighted by molar-refractivity contribution is 7.91. The first-order valence-electron chi connectivity index (χ1n) is 9.66. The molecule has 2 aliphatic carbocycles. The number of nitrogens with zero attached hydrogens (tertiary/aromatic N) is 4. The van der Waals surface area contributed by atoms with Crippen LogP contribution in [0.2, 0.25) is 0 Å². The monoisotopic (exact) mass is 402 g/mol. The molecular formula is C19H26N6O2S. The van der Waals surface area contributed by atoms with E-state index in [1.807, 2.05) is 6.92 Å². The predicted octanol–water partition coefficient (Wildman–Crippen LogP) is 2.94. The summed E-state index contributed by atoms with van der Waals surface area (Å²) < 4.78 is 18.1. The molecule has 0 spiro atoms. The lowest BCUT2D eigenvalue weighted by Crippen LogP contribution is -2.20. The minimum Gasteiger partial charge on any atom is -0.305 e. The van der Waals surface area contributed by atoms with Crippen molar-refractivity contribution in [3.8, 4) is 0 Å². The topological polar surface area (TPSA) is 115 Å². The second-order valence-corrected chi connectivity index (χ2v) is 9.81. The van der Waals surface area contributed by atoms with Crippen molar-refractivity contribution in [1.29, 1.82) is 0 Å². The number of fused-ring (bicyclic) bond motifs is 2. The van der Waals surface area contributed by atoms with E-state index in [9.17, 15) is 9.00 Å². The van der Waals surface area contributed by atoms with Crippen molar-refractivity contribution in [2.45, 2.75) is 69.9 Å². The normalized spacial score (nSPS) is 19.0. The largest absolute Gasteiger partial charge is 0.354 e. The standard InChI is InChI=1S/C19H26N6O2S/c1-4-25-11-9-15(23-25)28(20,27)24-18(26)22-16-12-6-5-7-14(12)21-17-13(16)8-10-19(17,2)3/h9,11H,4-8,10H2,1-3H3,(H3,20,21,22,24,26,27)/t28-/m1/s1. The molecule has 0 radical (unpaired) electrons. The van der Waals surface area contributed by atoms with Gasteiger partial charge in [0.1, 0.15) is 0 Å². The van der Waals surface area contributed by atoms with E-state index in [-0.39, 0.29) is 10.4 Å². The number of rotatable bonds is 3. The maximum absolute atomic E-state index is 12.8. The van der Waals surface area contributed by atoms with Gasteiger partial charge in [0.05, 0.1) is 11.4 Å². The van der Waals surface area contributed by atoms with E-state index in [2.05, 4.69) is 28.6 Å². The fourth-order valence-corrected chi connectivity index (χ4v) is 4.97. The summed E-state index contributed by atoms with van der Waals surface area (Å²) in [6.07, 6.45) is 6.33. The van der Waals surface area contributed by atoms with Crippen molar-refractivity contribution in [3.05, 3.63) is 34.8 Å². The summed E-state index contributed by atoms with van der Waals surface area (Å²) in [4.78, 5) is 17.6. The number of urea groups is 1. The molecule has 9 heteroatoms. The van der Waals surface area contributed by atoms with Gasteiger partial charge in [0.2, 0.25) is 0 Å². The molecule has 0 aliphatic heterocycles. The van der Waals surface area contributed by atoms with Crippen LogP contribution >= 0.6 is 0 Å². The van der Waals surface area contributed by atoms with Gasteiger partial charge in [0.25, 0.3) is 0 Å². The smallest absolute Gasteiger partial charge is 0.305 e. The third-order valence-electron chi connectivity index (χ3n) is 5.66. The number of carbonyl (C=O) groups excluding carboxylic acids is 1. The lowest BCUT2D eigenvalue weighted by atomic mass is 9.90. The molecule has 8 nitrogen and oxygen atoms in total. The van der Waals surface area contributed by atoms with Gasteiger partial charge in [-0.1, -0.05) is 13.8 Å². The molecule has 0 unspecified atom stereocenters. The summed E-state index contributed by atoms with van der Waals surface area (Å²) in [5.41, 5.74) is 5.05. The summed E-state index contributed by atoms with van der Waals surface area (Å²) >= 11 is 0. The Kier molecular flexibility index (Phi) is 4.54. The van der Waals surface area contributed by atoms with Gasteiger partial charge in [0.15, 0.2) is 14.9 Å². The van der Waals surface area contributed by atoms with E-state index in [0.29, 0.717) is 6.54 Å². The van der Waals surface area contributed by atoms with Crippen molar-refractivity contribution in [2.24, 2.45) is 9.50 Å². The molecule has 2 aromatic heterocycles. The second kappa shape index (κ2) is 6.66. The molecule has 0 saturated carbocycles. The lowest BCUT2D eigenvalue weighted by Gasteiger charge is -2.20. The van der Waals surface area contributed by atoms with E-state index in [0.717, 1.165) is 60.3 Å². The highest BCUT2D eigenvalue weighted by Gasteiger charge is 2.36. The molecule has 0 aromatic carbocycles. The Morgan fingerprint density at radius 2 is 2.14 bits per heavy atom. The minimum atomic E-state index is -3.40. The van der Waals surface area contributed by atoms with Crippen molar-refractivity contribution in [2.75, 3.05) is 5.32 Å². The molecular weight excluding hydrogens is 376 g/mol. The van der Waals surface area contributed by atoms with E-state index in [1.54, 1.807) is 10.9 Å². The van der Waals surface area contributed by atoms with Crippen LogP contribution in [0.3, 0.4) is 0 Å². The van der Waals surface area contributed by atoms with Crippen molar-refractivity contribution >= 4 is 21.6 Å². The van der Waals surface area contributed by atoms with Gasteiger partial charge >= 0.3 is 6.03 Å². The first-order valence-corrected chi connectivity index (χ1v) is 11.2. The predicted molar refractivity (Wildman–Crippen MR) is 108 cm³/mol. The molecule has 2 heterocycles. The molecule has 2 aromatic rings. The number of aryl methyl sites for hydroxylation is 2. The van der Waals surface area contributed by atoms with Crippen LogP contribution in [0.1, 0.15) is 56.1 Å². The Bertz CT molecular complexity index is 1080. The Morgan fingerprint density at radius 3 is 2.86 bits per heavy atom. The SMILES string of the molecule is CCn1ccc([S@](N)(=O)=NC(=O)Nc2c3c(nc4c2CCC4(C)C)CCC3)n1. The summed E-state index contributed by atoms with van der Waals surface area (Å²) in [7, 11) is -3.40. The number of nitrogens with one attached hydrogen (secondary N) is 1. The van der Waals surface area contributed by atoms with Gasteiger partial charge in [-0.3, -0.25) is 9.67 Å². The first kappa shape index (κ1) is 19.1. The van der Waals surface area contributed by atoms with Gasteiger partial charge in [-0.2, -0.15) is 5.10 Å². The highest BCUT2D eigenvalue weighted by Crippen LogP contribution is 2.44. The molecule has 0 saturated heterocycles. The van der Waals surface area contributed by atoms with Gasteiger partial charge < -0.3 is 5.32 Å². The summed E-state index contributed by atoms with van der Waals surface area (Å²) in [6, 6.07) is 0.832. The van der Waals surface area contributed by atoms with Crippen LogP contribution in [0.15, 0.2) is 21.7 Å². The van der Waals surface area contributed by atoms with Crippen LogP contribution in [0, 0.1) is 0 Å². The summed E-state index contributed by atoms with van der Waals surface area (Å²) in [6.45, 7) is 6.89. The lowest BCUT2D eigenvalue weighted by molar-refractivity contribution is 0.260. The zero-order valence-electron chi connectivity index (χ0n) is 16.5. The summed E-state index contributed by atoms with van der Waals surface area (Å²) in [5.74, 6) is 0. The number of aromatic nitrogens is 3. The molecule has 2 aliphatic rings. The maximum Gasteiger partial charge on any atom is 0.354 e. The van der Waals surface area contributed by atoms with Gasteiger partial charge in [-0.15, -0.1) is 4.36 Å². The molecule has 3 N–H and O–H groups in total. The van der Waals surface area contributed by atoms with Crippen LogP contribution in [-0.4, -0.2) is 25.0 Å². The first-order chi connectivity index (χ1) is 13.2. The summed E-state index contributed by atoms with van der Waals surface area (Å²) in [5, 5.41) is 13.0. The maximum atomic E-state index is 12.8. The Balaban J connectivity index is 1.70.